The number of anilines is 2. The lowest BCUT2D eigenvalue weighted by Crippen LogP contribution is -2.35. The quantitative estimate of drug-likeness (QED) is 0.397. The number of nitrogens with one attached hydrogen (secondary N) is 1. The van der Waals surface area contributed by atoms with Crippen LogP contribution in [-0.4, -0.2) is 36.4 Å². The number of methoxy groups -OCH3 is 1. The Bertz CT molecular complexity index is 1370. The second-order valence-corrected chi connectivity index (χ2v) is 8.17. The molecule has 0 fully saturated rings. The number of halogens is 3. The summed E-state index contributed by atoms with van der Waals surface area (Å²) in [6.45, 7) is 0.0628. The average molecular weight is 497 g/mol. The first-order valence-corrected chi connectivity index (χ1v) is 11.1. The number of aromatic nitrogens is 1. The Balaban J connectivity index is 1.62. The molecule has 7 nitrogen and oxygen atoms in total. The summed E-state index contributed by atoms with van der Waals surface area (Å²) in [7, 11) is 1.19. The van der Waals surface area contributed by atoms with Crippen LogP contribution < -0.4 is 10.2 Å². The first-order valence-electron chi connectivity index (χ1n) is 11.1. The van der Waals surface area contributed by atoms with Crippen LogP contribution in [0.1, 0.15) is 30.4 Å². The second kappa shape index (κ2) is 10.2. The molecule has 1 N–H and O–H groups in total. The maximum absolute atomic E-state index is 13.4. The third-order valence-electron chi connectivity index (χ3n) is 5.82. The molecule has 2 amide bonds. The molecule has 2 aromatic carbocycles. The van der Waals surface area contributed by atoms with E-state index in [2.05, 4.69) is 15.0 Å². The van der Waals surface area contributed by atoms with Gasteiger partial charge in [0.15, 0.2) is 0 Å². The van der Waals surface area contributed by atoms with Gasteiger partial charge < -0.3 is 15.0 Å². The summed E-state index contributed by atoms with van der Waals surface area (Å²) in [5, 5.41) is 3.66. The molecule has 36 heavy (non-hydrogen) atoms. The number of hydrogen-bond acceptors (Lipinski definition) is 5. The summed E-state index contributed by atoms with van der Waals surface area (Å²) in [5.41, 5.74) is 1.18. The third kappa shape index (κ3) is 5.54. The van der Waals surface area contributed by atoms with Gasteiger partial charge in [-0.25, -0.2) is 0 Å². The highest BCUT2D eigenvalue weighted by Gasteiger charge is 2.34. The number of carbonyl (C=O) groups excluding carboxylic acids is 3. The Labute approximate surface area is 204 Å². The van der Waals surface area contributed by atoms with Gasteiger partial charge in [0.05, 0.1) is 30.3 Å². The lowest BCUT2D eigenvalue weighted by molar-refractivity contribution is -0.141. The van der Waals surface area contributed by atoms with Crippen LogP contribution in [0.2, 0.25) is 0 Å². The van der Waals surface area contributed by atoms with Crippen molar-refractivity contribution in [1.82, 2.24) is 4.98 Å². The number of benzene rings is 2. The molecule has 1 aliphatic rings. The lowest BCUT2D eigenvalue weighted by atomic mass is 9.93. The van der Waals surface area contributed by atoms with Crippen LogP contribution in [-0.2, 0) is 25.3 Å². The van der Waals surface area contributed by atoms with E-state index in [1.165, 1.54) is 24.2 Å². The third-order valence-corrected chi connectivity index (χ3v) is 5.82. The Hall–Kier alpha value is -4.21. The summed E-state index contributed by atoms with van der Waals surface area (Å²) in [5.74, 6) is -1.56. The van der Waals surface area contributed by atoms with E-state index in [1.807, 2.05) is 12.1 Å². The Morgan fingerprint density at radius 1 is 1.11 bits per heavy atom. The first kappa shape index (κ1) is 24.9. The van der Waals surface area contributed by atoms with Gasteiger partial charge in [0.1, 0.15) is 0 Å². The summed E-state index contributed by atoms with van der Waals surface area (Å²) in [4.78, 5) is 42.4. The van der Waals surface area contributed by atoms with E-state index in [4.69, 9.17) is 0 Å². The number of fused-ring (bicyclic) bond motifs is 2. The van der Waals surface area contributed by atoms with Gasteiger partial charge in [-0.15, -0.1) is 0 Å². The molecule has 0 saturated heterocycles. The molecule has 2 heterocycles. The average Bonchev–Trinajstić information content (AvgIpc) is 2.86. The predicted octanol–water partition coefficient (Wildman–Crippen LogP) is 4.97. The van der Waals surface area contributed by atoms with Crippen LogP contribution in [0, 0.1) is 0 Å². The number of esters is 1. The number of nitrogens with zero attached hydrogens (tertiary/aromatic N) is 2. The van der Waals surface area contributed by atoms with Crippen molar-refractivity contribution in [2.45, 2.75) is 25.4 Å². The molecule has 0 saturated carbocycles. The predicted molar refractivity (Wildman–Crippen MR) is 128 cm³/mol. The van der Waals surface area contributed by atoms with Gasteiger partial charge >= 0.3 is 12.1 Å². The van der Waals surface area contributed by atoms with E-state index in [-0.39, 0.29) is 31.5 Å². The molecule has 4 rings (SSSR count). The largest absolute Gasteiger partial charge is 0.469 e. The van der Waals surface area contributed by atoms with E-state index < -0.39 is 29.5 Å². The van der Waals surface area contributed by atoms with Crippen molar-refractivity contribution in [3.63, 3.8) is 0 Å². The maximum Gasteiger partial charge on any atom is 0.416 e. The van der Waals surface area contributed by atoms with Crippen molar-refractivity contribution < 1.29 is 32.3 Å². The van der Waals surface area contributed by atoms with Crippen LogP contribution in [0.5, 0.6) is 0 Å². The van der Waals surface area contributed by atoms with Crippen LogP contribution >= 0.6 is 0 Å². The minimum atomic E-state index is -4.61. The van der Waals surface area contributed by atoms with Crippen LogP contribution in [0.4, 0.5) is 24.5 Å². The smallest absolute Gasteiger partial charge is 0.416 e. The summed E-state index contributed by atoms with van der Waals surface area (Å²) >= 11 is 0. The van der Waals surface area contributed by atoms with Gasteiger partial charge in [-0.3, -0.25) is 19.4 Å². The van der Waals surface area contributed by atoms with E-state index in [1.54, 1.807) is 24.4 Å². The number of rotatable bonds is 5. The number of carbonyl (C=O) groups is 3. The molecule has 0 atom stereocenters. The number of amides is 2. The molecule has 0 radical (unpaired) electrons. The van der Waals surface area contributed by atoms with Crippen LogP contribution in [0.3, 0.4) is 0 Å². The molecule has 0 spiro atoms. The summed E-state index contributed by atoms with van der Waals surface area (Å²) < 4.78 is 44.7. The molecule has 186 valence electrons. The standard InChI is InChI=1S/C26H22F3N3O4/c1-36-25(35)9-8-24(34)32-12-10-17(20-7-5-18(14-22(20)32)26(27,28)29)13-23(33)31-19-6-4-16-3-2-11-30-21(16)15-19/h2-7,11,13-15H,8-10,12H2,1H3,(H,31,33)/b17-13+. The van der Waals surface area contributed by atoms with E-state index >= 15 is 0 Å². The molecular formula is C26H22F3N3O4. The molecular weight excluding hydrogens is 475 g/mol. The minimum absolute atomic E-state index is 0.0416. The first-order chi connectivity index (χ1) is 17.2. The van der Waals surface area contributed by atoms with Crippen LogP contribution in [0.25, 0.3) is 16.5 Å². The van der Waals surface area contributed by atoms with Gasteiger partial charge in [0.2, 0.25) is 11.8 Å². The molecule has 1 aromatic heterocycles. The van der Waals surface area contributed by atoms with Gasteiger partial charge in [-0.2, -0.15) is 13.2 Å². The fourth-order valence-corrected chi connectivity index (χ4v) is 4.03. The molecule has 10 heteroatoms. The molecule has 0 aliphatic carbocycles. The van der Waals surface area contributed by atoms with Gasteiger partial charge in [0.25, 0.3) is 0 Å². The van der Waals surface area contributed by atoms with Crippen LogP contribution in [0.15, 0.2) is 60.8 Å². The van der Waals surface area contributed by atoms with Gasteiger partial charge in [-0.1, -0.05) is 18.2 Å². The second-order valence-electron chi connectivity index (χ2n) is 8.17. The molecule has 0 unspecified atom stereocenters. The Morgan fingerprint density at radius 3 is 2.67 bits per heavy atom. The van der Waals surface area contributed by atoms with Crippen molar-refractivity contribution in [3.05, 3.63) is 71.9 Å². The molecule has 3 aromatic rings. The summed E-state index contributed by atoms with van der Waals surface area (Å²) in [6.07, 6.45) is -1.80. The highest BCUT2D eigenvalue weighted by atomic mass is 19.4. The maximum atomic E-state index is 13.4. The zero-order valence-corrected chi connectivity index (χ0v) is 19.3. The number of alkyl halides is 3. The SMILES string of the molecule is COC(=O)CCC(=O)N1CC/C(=C\C(=O)Nc2ccc3cccnc3c2)c2ccc(C(F)(F)F)cc21. The fraction of sp³-hybridized carbons (Fsp3) is 0.231. The topological polar surface area (TPSA) is 88.6 Å². The van der Waals surface area contributed by atoms with E-state index in [0.717, 1.165) is 17.5 Å². The fourth-order valence-electron chi connectivity index (χ4n) is 4.03. The Morgan fingerprint density at radius 2 is 1.92 bits per heavy atom. The van der Waals surface area contributed by atoms with E-state index in [9.17, 15) is 27.6 Å². The number of ether oxygens (including phenoxy) is 1. The minimum Gasteiger partial charge on any atom is -0.469 e. The molecule has 0 bridgehead atoms. The van der Waals surface area contributed by atoms with Crippen molar-refractivity contribution in [1.29, 1.82) is 0 Å². The summed E-state index contributed by atoms with van der Waals surface area (Å²) in [6, 6.07) is 12.0. The Kier molecular flexibility index (Phi) is 7.05. The lowest BCUT2D eigenvalue weighted by Gasteiger charge is -2.32. The number of hydrogen-bond donors (Lipinski definition) is 1. The van der Waals surface area contributed by atoms with Crippen molar-refractivity contribution in [2.75, 3.05) is 23.9 Å². The highest BCUT2D eigenvalue weighted by Crippen LogP contribution is 2.40. The monoisotopic (exact) mass is 497 g/mol. The zero-order valence-electron chi connectivity index (χ0n) is 19.3. The highest BCUT2D eigenvalue weighted by molar-refractivity contribution is 6.07. The van der Waals surface area contributed by atoms with Gasteiger partial charge in [-0.05, 0) is 42.3 Å². The molecule has 1 aliphatic heterocycles. The number of pyridine rings is 1. The van der Waals surface area contributed by atoms with E-state index in [0.29, 0.717) is 22.3 Å². The normalized spacial score (nSPS) is 14.4. The van der Waals surface area contributed by atoms with Gasteiger partial charge in [0, 0.05) is 41.9 Å². The van der Waals surface area contributed by atoms with Crippen molar-refractivity contribution in [2.24, 2.45) is 0 Å². The van der Waals surface area contributed by atoms with Crippen molar-refractivity contribution in [3.8, 4) is 0 Å². The zero-order chi connectivity index (χ0) is 25.9. The van der Waals surface area contributed by atoms with Crippen molar-refractivity contribution >= 4 is 45.6 Å².